The highest BCUT2D eigenvalue weighted by Gasteiger charge is 2.36. The molecule has 0 saturated carbocycles. The van der Waals surface area contributed by atoms with E-state index in [0.717, 1.165) is 0 Å². The summed E-state index contributed by atoms with van der Waals surface area (Å²) in [5, 5.41) is 15.4. The summed E-state index contributed by atoms with van der Waals surface area (Å²) in [6.07, 6.45) is 0.245. The Morgan fingerprint density at radius 2 is 1.61 bits per heavy atom. The lowest BCUT2D eigenvalue weighted by Gasteiger charge is -2.34. The number of phenolic OH excluding ortho intramolecular Hbond substituents is 1. The Morgan fingerprint density at radius 3 is 2.11 bits per heavy atom. The largest absolute Gasteiger partial charge is 0.508 e. The van der Waals surface area contributed by atoms with E-state index in [1.54, 1.807) is 64.3 Å². The Bertz CT molecular complexity index is 1060. The van der Waals surface area contributed by atoms with Gasteiger partial charge in [-0.2, -0.15) is 0 Å². The van der Waals surface area contributed by atoms with Crippen LogP contribution in [0.15, 0.2) is 48.5 Å². The molecule has 0 bridgehead atoms. The van der Waals surface area contributed by atoms with E-state index in [1.165, 1.54) is 17.0 Å². The fraction of sp³-hybridized carbons (Fsp3) is 0.483. The average Bonchev–Trinajstić information content (AvgIpc) is 2.83. The number of nitrogens with zero attached hydrogens (tertiary/aromatic N) is 1. The van der Waals surface area contributed by atoms with Gasteiger partial charge in [0.1, 0.15) is 29.2 Å². The maximum atomic E-state index is 14.0. The number of carbonyl (C=O) groups is 3. The maximum Gasteiger partial charge on any atom is 0.408 e. The molecule has 3 N–H and O–H groups in total. The molecule has 2 unspecified atom stereocenters. The Kier molecular flexibility index (Phi) is 11.0. The summed E-state index contributed by atoms with van der Waals surface area (Å²) >= 11 is 0. The van der Waals surface area contributed by atoms with Gasteiger partial charge in [0.15, 0.2) is 0 Å². The molecule has 0 heterocycles. The van der Waals surface area contributed by atoms with Crippen LogP contribution in [0.5, 0.6) is 11.5 Å². The van der Waals surface area contributed by atoms with E-state index in [9.17, 15) is 19.5 Å². The summed E-state index contributed by atoms with van der Waals surface area (Å²) in [6.45, 7) is 11.3. The van der Waals surface area contributed by atoms with E-state index in [0.29, 0.717) is 29.8 Å². The summed E-state index contributed by atoms with van der Waals surface area (Å²) in [5.74, 6) is -0.0495. The van der Waals surface area contributed by atoms with Crippen LogP contribution in [-0.2, 0) is 14.3 Å². The van der Waals surface area contributed by atoms with Crippen LogP contribution in [0.1, 0.15) is 66.0 Å². The van der Waals surface area contributed by atoms with Gasteiger partial charge in [0, 0.05) is 12.2 Å². The Balaban J connectivity index is 2.46. The van der Waals surface area contributed by atoms with Gasteiger partial charge < -0.3 is 30.1 Å². The van der Waals surface area contributed by atoms with E-state index in [-0.39, 0.29) is 18.2 Å². The minimum atomic E-state index is -1.01. The predicted molar refractivity (Wildman–Crippen MR) is 147 cm³/mol. The summed E-state index contributed by atoms with van der Waals surface area (Å²) < 4.78 is 10.6. The molecule has 0 spiro atoms. The topological polar surface area (TPSA) is 117 Å². The molecule has 208 valence electrons. The van der Waals surface area contributed by atoms with E-state index >= 15 is 0 Å². The van der Waals surface area contributed by atoms with Gasteiger partial charge in [0.25, 0.3) is 5.91 Å². The van der Waals surface area contributed by atoms with Crippen LogP contribution in [0.2, 0.25) is 0 Å². The molecular weight excluding hydrogens is 486 g/mol. The zero-order valence-electron chi connectivity index (χ0n) is 23.4. The van der Waals surface area contributed by atoms with Crippen LogP contribution in [-0.4, -0.2) is 53.2 Å². The van der Waals surface area contributed by atoms with Crippen molar-refractivity contribution in [2.24, 2.45) is 5.92 Å². The quantitative estimate of drug-likeness (QED) is 0.367. The van der Waals surface area contributed by atoms with Crippen LogP contribution in [0.3, 0.4) is 0 Å². The van der Waals surface area contributed by atoms with E-state index in [2.05, 4.69) is 10.6 Å². The predicted octanol–water partition coefficient (Wildman–Crippen LogP) is 5.26. The second-order valence-electron chi connectivity index (χ2n) is 10.6. The molecule has 3 amide bonds. The third-order valence-corrected chi connectivity index (χ3v) is 5.57. The van der Waals surface area contributed by atoms with Gasteiger partial charge in [0.2, 0.25) is 5.91 Å². The molecule has 0 aliphatic carbocycles. The zero-order valence-corrected chi connectivity index (χ0v) is 23.4. The van der Waals surface area contributed by atoms with Crippen molar-refractivity contribution < 1.29 is 29.0 Å². The molecule has 0 aliphatic rings. The number of amides is 3. The number of methoxy groups -OCH3 is 1. The third kappa shape index (κ3) is 9.28. The van der Waals surface area contributed by atoms with Gasteiger partial charge >= 0.3 is 6.09 Å². The number of hydrogen-bond acceptors (Lipinski definition) is 6. The van der Waals surface area contributed by atoms with E-state index < -0.39 is 35.6 Å². The van der Waals surface area contributed by atoms with Crippen molar-refractivity contribution in [3.8, 4) is 11.5 Å². The number of anilines is 1. The van der Waals surface area contributed by atoms with Gasteiger partial charge in [-0.3, -0.25) is 9.59 Å². The van der Waals surface area contributed by atoms with Crippen molar-refractivity contribution in [1.82, 2.24) is 10.2 Å². The number of aromatic hydroxyl groups is 1. The fourth-order valence-electron chi connectivity index (χ4n) is 3.96. The van der Waals surface area contributed by atoms with Gasteiger partial charge in [-0.05, 0) is 81.5 Å². The van der Waals surface area contributed by atoms with E-state index in [1.807, 2.05) is 20.8 Å². The Hall–Kier alpha value is -3.75. The molecule has 2 aromatic rings. The molecule has 0 aromatic heterocycles. The second kappa shape index (κ2) is 13.7. The molecule has 2 aromatic carbocycles. The van der Waals surface area contributed by atoms with Crippen LogP contribution in [0, 0.1) is 5.92 Å². The van der Waals surface area contributed by atoms with Gasteiger partial charge in [-0.15, -0.1) is 0 Å². The highest BCUT2D eigenvalue weighted by molar-refractivity contribution is 5.99. The molecule has 38 heavy (non-hydrogen) atoms. The first-order valence-electron chi connectivity index (χ1n) is 12.9. The molecule has 9 heteroatoms. The third-order valence-electron chi connectivity index (χ3n) is 5.57. The molecule has 0 radical (unpaired) electrons. The van der Waals surface area contributed by atoms with Crippen molar-refractivity contribution in [2.45, 2.75) is 72.1 Å². The monoisotopic (exact) mass is 527 g/mol. The van der Waals surface area contributed by atoms with E-state index in [4.69, 9.17) is 9.47 Å². The standard InChI is InChI=1S/C29H41N3O6/c1-8-17-32(27(35)24(18-19(2)3)31-28(36)38-29(4,5)6)25(20-9-13-22(33)14-10-20)26(34)30-21-11-15-23(37-7)16-12-21/h9-16,19,24-25,33H,8,17-18H2,1-7H3,(H,30,34)(H,31,36). The van der Waals surface area contributed by atoms with Gasteiger partial charge in [-0.25, -0.2) is 4.79 Å². The smallest absolute Gasteiger partial charge is 0.408 e. The van der Waals surface area contributed by atoms with Crippen LogP contribution >= 0.6 is 0 Å². The average molecular weight is 528 g/mol. The number of ether oxygens (including phenoxy) is 2. The number of nitrogens with one attached hydrogen (secondary N) is 2. The molecular formula is C29H41N3O6. The summed E-state index contributed by atoms with van der Waals surface area (Å²) in [4.78, 5) is 41.8. The summed E-state index contributed by atoms with van der Waals surface area (Å²) in [7, 11) is 1.56. The minimum Gasteiger partial charge on any atom is -0.508 e. The molecule has 0 saturated heterocycles. The maximum absolute atomic E-state index is 14.0. The lowest BCUT2D eigenvalue weighted by molar-refractivity contribution is -0.141. The van der Waals surface area contributed by atoms with Crippen molar-refractivity contribution in [3.63, 3.8) is 0 Å². The normalized spacial score (nSPS) is 12.8. The Morgan fingerprint density at radius 1 is 1.00 bits per heavy atom. The summed E-state index contributed by atoms with van der Waals surface area (Å²) in [6, 6.07) is 11.1. The van der Waals surface area contributed by atoms with Gasteiger partial charge in [0.05, 0.1) is 7.11 Å². The molecule has 2 atom stereocenters. The van der Waals surface area contributed by atoms with Crippen molar-refractivity contribution in [1.29, 1.82) is 0 Å². The van der Waals surface area contributed by atoms with Crippen LogP contribution in [0.25, 0.3) is 0 Å². The minimum absolute atomic E-state index is 0.0423. The van der Waals surface area contributed by atoms with Crippen LogP contribution in [0.4, 0.5) is 10.5 Å². The van der Waals surface area contributed by atoms with Crippen LogP contribution < -0.4 is 15.4 Å². The highest BCUT2D eigenvalue weighted by Crippen LogP contribution is 2.27. The number of rotatable bonds is 11. The number of alkyl carbamates (subject to hydrolysis) is 1. The summed E-state index contributed by atoms with van der Waals surface area (Å²) in [5.41, 5.74) is 0.330. The fourth-order valence-corrected chi connectivity index (χ4v) is 3.96. The van der Waals surface area contributed by atoms with Crippen molar-refractivity contribution in [3.05, 3.63) is 54.1 Å². The lowest BCUT2D eigenvalue weighted by atomic mass is 9.99. The first-order chi connectivity index (χ1) is 17.8. The number of carbonyl (C=O) groups excluding carboxylic acids is 3. The number of benzene rings is 2. The van der Waals surface area contributed by atoms with Gasteiger partial charge in [-0.1, -0.05) is 32.9 Å². The number of hydrogen-bond donors (Lipinski definition) is 3. The first kappa shape index (κ1) is 30.5. The molecule has 2 rings (SSSR count). The Labute approximate surface area is 225 Å². The molecule has 0 aliphatic heterocycles. The zero-order chi connectivity index (χ0) is 28.5. The molecule has 0 fully saturated rings. The van der Waals surface area contributed by atoms with Crippen molar-refractivity contribution in [2.75, 3.05) is 19.0 Å². The lowest BCUT2D eigenvalue weighted by Crippen LogP contribution is -2.53. The highest BCUT2D eigenvalue weighted by atomic mass is 16.6. The molecule has 9 nitrogen and oxygen atoms in total. The number of phenols is 1. The second-order valence-corrected chi connectivity index (χ2v) is 10.6. The first-order valence-corrected chi connectivity index (χ1v) is 12.9. The SMILES string of the molecule is CCCN(C(=O)C(CC(C)C)NC(=O)OC(C)(C)C)C(C(=O)Nc1ccc(OC)cc1)c1ccc(O)cc1. The van der Waals surface area contributed by atoms with Crippen molar-refractivity contribution >= 4 is 23.6 Å².